The molecule has 1 aromatic heterocycles. The van der Waals surface area contributed by atoms with Gasteiger partial charge in [0.15, 0.2) is 0 Å². The number of rotatable bonds is 4. The van der Waals surface area contributed by atoms with E-state index in [4.69, 9.17) is 0 Å². The van der Waals surface area contributed by atoms with Gasteiger partial charge in [-0.3, -0.25) is 4.79 Å². The highest BCUT2D eigenvalue weighted by atomic mass is 16.2. The summed E-state index contributed by atoms with van der Waals surface area (Å²) < 4.78 is 1.08. The highest BCUT2D eigenvalue weighted by Crippen LogP contribution is 2.14. The number of aryl methyl sites for hydroxylation is 1. The summed E-state index contributed by atoms with van der Waals surface area (Å²) in [5.74, 6) is -0.326. The zero-order chi connectivity index (χ0) is 17.8. The van der Waals surface area contributed by atoms with Crippen LogP contribution >= 0.6 is 0 Å². The van der Waals surface area contributed by atoms with Gasteiger partial charge in [-0.2, -0.15) is 10.1 Å². The van der Waals surface area contributed by atoms with E-state index >= 15 is 0 Å². The lowest BCUT2D eigenvalue weighted by molar-refractivity contribution is -0.119. The molecule has 25 heavy (non-hydrogen) atoms. The fraction of sp³-hybridized carbons (Fsp3) is 0.158. The zero-order valence-corrected chi connectivity index (χ0v) is 14.0. The number of carbonyl (C=O) groups excluding carboxylic acids is 1. The lowest BCUT2D eigenvalue weighted by Crippen LogP contribution is -2.34. The van der Waals surface area contributed by atoms with Crippen molar-refractivity contribution >= 4 is 11.6 Å². The van der Waals surface area contributed by atoms with Crippen molar-refractivity contribution < 1.29 is 4.79 Å². The molecule has 1 heterocycles. The van der Waals surface area contributed by atoms with E-state index in [1.165, 1.54) is 6.20 Å². The molecule has 1 N–H and O–H groups in total. The number of aromatic nitrogens is 3. The van der Waals surface area contributed by atoms with Crippen LogP contribution in [0.25, 0.3) is 11.3 Å². The number of hydrogen-bond acceptors (Lipinski definition) is 4. The first kappa shape index (κ1) is 16.6. The van der Waals surface area contributed by atoms with Gasteiger partial charge in [-0.15, -0.1) is 0 Å². The Bertz CT molecular complexity index is 934. The molecule has 3 rings (SSSR count). The van der Waals surface area contributed by atoms with Gasteiger partial charge in [-0.25, -0.2) is 9.48 Å². The van der Waals surface area contributed by atoms with Crippen LogP contribution in [-0.2, 0) is 4.79 Å². The van der Waals surface area contributed by atoms with E-state index < -0.39 is 11.7 Å². The summed E-state index contributed by atoms with van der Waals surface area (Å²) in [6, 6.07) is 16.0. The SMILES string of the molecule is Cc1ccc(NC(=O)[C@@H](C)n2ncc(-c3ccccc3)nc2=O)cc1. The number of benzene rings is 2. The normalized spacial score (nSPS) is 11.8. The number of nitrogens with one attached hydrogen (secondary N) is 1. The molecular formula is C19H18N4O2. The van der Waals surface area contributed by atoms with Gasteiger partial charge in [0.25, 0.3) is 0 Å². The van der Waals surface area contributed by atoms with Gasteiger partial charge in [0.1, 0.15) is 6.04 Å². The summed E-state index contributed by atoms with van der Waals surface area (Å²) >= 11 is 0. The first-order valence-electron chi connectivity index (χ1n) is 7.93. The van der Waals surface area contributed by atoms with E-state index in [9.17, 15) is 9.59 Å². The van der Waals surface area contributed by atoms with Crippen LogP contribution in [0.5, 0.6) is 0 Å². The lowest BCUT2D eigenvalue weighted by atomic mass is 10.2. The third-order valence-corrected chi connectivity index (χ3v) is 3.85. The minimum Gasteiger partial charge on any atom is -0.324 e. The molecule has 0 bridgehead atoms. The molecule has 0 aliphatic heterocycles. The van der Waals surface area contributed by atoms with Crippen LogP contribution in [0.2, 0.25) is 0 Å². The molecule has 0 saturated carbocycles. The molecule has 0 saturated heterocycles. The van der Waals surface area contributed by atoms with E-state index in [1.54, 1.807) is 6.92 Å². The maximum Gasteiger partial charge on any atom is 0.365 e. The van der Waals surface area contributed by atoms with Crippen LogP contribution in [0.3, 0.4) is 0 Å². The van der Waals surface area contributed by atoms with Crippen molar-refractivity contribution in [2.45, 2.75) is 19.9 Å². The molecule has 0 aliphatic carbocycles. The molecule has 0 unspecified atom stereocenters. The van der Waals surface area contributed by atoms with Crippen LogP contribution in [-0.4, -0.2) is 20.7 Å². The van der Waals surface area contributed by atoms with Crippen LogP contribution in [0.15, 0.2) is 65.6 Å². The van der Waals surface area contributed by atoms with Crippen molar-refractivity contribution in [1.29, 1.82) is 0 Å². The van der Waals surface area contributed by atoms with Crippen LogP contribution in [0.1, 0.15) is 18.5 Å². The Morgan fingerprint density at radius 2 is 1.76 bits per heavy atom. The number of carbonyl (C=O) groups is 1. The van der Waals surface area contributed by atoms with E-state index in [2.05, 4.69) is 15.4 Å². The summed E-state index contributed by atoms with van der Waals surface area (Å²) in [7, 11) is 0. The third-order valence-electron chi connectivity index (χ3n) is 3.85. The predicted molar refractivity (Wildman–Crippen MR) is 96.2 cm³/mol. The second kappa shape index (κ2) is 7.09. The zero-order valence-electron chi connectivity index (χ0n) is 14.0. The highest BCUT2D eigenvalue weighted by molar-refractivity contribution is 5.93. The Morgan fingerprint density at radius 1 is 1.08 bits per heavy atom. The molecule has 0 spiro atoms. The largest absolute Gasteiger partial charge is 0.365 e. The molecule has 3 aromatic rings. The maximum absolute atomic E-state index is 12.4. The minimum absolute atomic E-state index is 0.326. The summed E-state index contributed by atoms with van der Waals surface area (Å²) in [6.07, 6.45) is 1.49. The number of nitrogens with zero attached hydrogens (tertiary/aromatic N) is 3. The number of hydrogen-bond donors (Lipinski definition) is 1. The van der Waals surface area contributed by atoms with Gasteiger partial charge in [-0.1, -0.05) is 48.0 Å². The van der Waals surface area contributed by atoms with Gasteiger partial charge in [0, 0.05) is 11.3 Å². The molecule has 0 fully saturated rings. The van der Waals surface area contributed by atoms with Crippen molar-refractivity contribution in [3.05, 3.63) is 76.8 Å². The Balaban J connectivity index is 1.80. The number of amides is 1. The van der Waals surface area contributed by atoms with Crippen molar-refractivity contribution in [3.8, 4) is 11.3 Å². The van der Waals surface area contributed by atoms with Crippen LogP contribution < -0.4 is 11.0 Å². The van der Waals surface area contributed by atoms with E-state index in [1.807, 2.05) is 61.5 Å². The summed E-state index contributed by atoms with van der Waals surface area (Å²) in [4.78, 5) is 28.7. The number of anilines is 1. The van der Waals surface area contributed by atoms with Crippen LogP contribution in [0.4, 0.5) is 5.69 Å². The fourth-order valence-corrected chi connectivity index (χ4v) is 2.36. The monoisotopic (exact) mass is 334 g/mol. The Labute approximate surface area is 145 Å². The quantitative estimate of drug-likeness (QED) is 0.796. The van der Waals surface area contributed by atoms with Gasteiger partial charge < -0.3 is 5.32 Å². The van der Waals surface area contributed by atoms with Gasteiger partial charge in [-0.05, 0) is 26.0 Å². The average molecular weight is 334 g/mol. The van der Waals surface area contributed by atoms with Crippen molar-refractivity contribution in [2.75, 3.05) is 5.32 Å². The Kier molecular flexibility index (Phi) is 4.70. The fourth-order valence-electron chi connectivity index (χ4n) is 2.36. The molecule has 1 amide bonds. The molecule has 0 aliphatic rings. The highest BCUT2D eigenvalue weighted by Gasteiger charge is 2.18. The predicted octanol–water partition coefficient (Wildman–Crippen LogP) is 2.81. The first-order valence-corrected chi connectivity index (χ1v) is 7.93. The van der Waals surface area contributed by atoms with E-state index in [-0.39, 0.29) is 5.91 Å². The van der Waals surface area contributed by atoms with Crippen molar-refractivity contribution in [3.63, 3.8) is 0 Å². The molecule has 2 aromatic carbocycles. The topological polar surface area (TPSA) is 76.9 Å². The smallest absolute Gasteiger partial charge is 0.324 e. The minimum atomic E-state index is -0.772. The van der Waals surface area contributed by atoms with Gasteiger partial charge in [0.2, 0.25) is 5.91 Å². The summed E-state index contributed by atoms with van der Waals surface area (Å²) in [6.45, 7) is 3.58. The second-order valence-corrected chi connectivity index (χ2v) is 5.77. The Morgan fingerprint density at radius 3 is 2.40 bits per heavy atom. The maximum atomic E-state index is 12.4. The lowest BCUT2D eigenvalue weighted by Gasteiger charge is -2.14. The molecular weight excluding hydrogens is 316 g/mol. The Hall–Kier alpha value is -3.28. The van der Waals surface area contributed by atoms with Crippen molar-refractivity contribution in [2.24, 2.45) is 0 Å². The summed E-state index contributed by atoms with van der Waals surface area (Å²) in [5.41, 5.74) is 2.49. The van der Waals surface area contributed by atoms with Crippen LogP contribution in [0, 0.1) is 6.92 Å². The average Bonchev–Trinajstić information content (AvgIpc) is 2.63. The van der Waals surface area contributed by atoms with Crippen molar-refractivity contribution in [1.82, 2.24) is 14.8 Å². The molecule has 6 heteroatoms. The summed E-state index contributed by atoms with van der Waals surface area (Å²) in [5, 5.41) is 6.89. The standard InChI is InChI=1S/C19H18N4O2/c1-13-8-10-16(11-9-13)21-18(24)14(2)23-19(25)22-17(12-20-23)15-6-4-3-5-7-15/h3-12,14H,1-2H3,(H,21,24)/t14-/m1/s1. The second-order valence-electron chi connectivity index (χ2n) is 5.77. The molecule has 1 atom stereocenters. The third kappa shape index (κ3) is 3.80. The molecule has 0 radical (unpaired) electrons. The van der Waals surface area contributed by atoms with E-state index in [0.29, 0.717) is 11.4 Å². The van der Waals surface area contributed by atoms with E-state index in [0.717, 1.165) is 15.8 Å². The molecule has 6 nitrogen and oxygen atoms in total. The van der Waals surface area contributed by atoms with Gasteiger partial charge >= 0.3 is 5.69 Å². The van der Waals surface area contributed by atoms with Gasteiger partial charge in [0.05, 0.1) is 11.9 Å². The first-order chi connectivity index (χ1) is 12.0. The molecule has 126 valence electrons.